The van der Waals surface area contributed by atoms with Crippen LogP contribution >= 0.6 is 0 Å². The molecule has 0 amide bonds. The Morgan fingerprint density at radius 2 is 1.11 bits per heavy atom. The van der Waals surface area contributed by atoms with Gasteiger partial charge in [-0.3, -0.25) is 0 Å². The third-order valence-electron chi connectivity index (χ3n) is 3.82. The van der Waals surface area contributed by atoms with E-state index in [0.717, 1.165) is 38.1 Å². The zero-order chi connectivity index (χ0) is 12.2. The van der Waals surface area contributed by atoms with Crippen LogP contribution in [0.15, 0.2) is 6.33 Å². The number of rotatable bonds is 2. The average molecular weight is 247 g/mol. The zero-order valence-corrected chi connectivity index (χ0v) is 10.9. The molecule has 0 spiro atoms. The summed E-state index contributed by atoms with van der Waals surface area (Å²) < 4.78 is 0. The third kappa shape index (κ3) is 2.54. The Kier molecular flexibility index (Phi) is 3.57. The summed E-state index contributed by atoms with van der Waals surface area (Å²) in [6.07, 6.45) is 9.35. The molecule has 0 aromatic carbocycles. The maximum absolute atomic E-state index is 4.65. The predicted octanol–water partition coefficient (Wildman–Crippen LogP) is 1.85. The molecule has 0 radical (unpaired) electrons. The summed E-state index contributed by atoms with van der Waals surface area (Å²) in [4.78, 5) is 17.9. The SMILES string of the molecule is c1nc(N2CCCCC2)nc(N2CCCCC2)n1. The summed E-state index contributed by atoms with van der Waals surface area (Å²) in [6, 6.07) is 0. The first kappa shape index (κ1) is 11.7. The molecule has 2 aliphatic heterocycles. The summed E-state index contributed by atoms with van der Waals surface area (Å²) in [5.41, 5.74) is 0. The molecule has 0 aliphatic carbocycles. The van der Waals surface area contributed by atoms with Crippen molar-refractivity contribution < 1.29 is 0 Å². The number of hydrogen-bond donors (Lipinski definition) is 0. The van der Waals surface area contributed by atoms with E-state index in [4.69, 9.17) is 0 Å². The maximum atomic E-state index is 4.65. The molecule has 0 unspecified atom stereocenters. The van der Waals surface area contributed by atoms with E-state index in [0.29, 0.717) is 0 Å². The van der Waals surface area contributed by atoms with Gasteiger partial charge in [-0.05, 0) is 38.5 Å². The van der Waals surface area contributed by atoms with E-state index in [1.807, 2.05) is 0 Å². The van der Waals surface area contributed by atoms with Crippen molar-refractivity contribution in [2.45, 2.75) is 38.5 Å². The summed E-state index contributed by atoms with van der Waals surface area (Å²) in [6.45, 7) is 4.35. The van der Waals surface area contributed by atoms with Gasteiger partial charge in [-0.15, -0.1) is 0 Å². The fourth-order valence-electron chi connectivity index (χ4n) is 2.77. The Labute approximate surface area is 108 Å². The molecule has 2 saturated heterocycles. The second kappa shape index (κ2) is 5.50. The molecule has 1 aromatic heterocycles. The summed E-state index contributed by atoms with van der Waals surface area (Å²) in [5.74, 6) is 1.73. The van der Waals surface area contributed by atoms with Crippen molar-refractivity contribution >= 4 is 11.9 Å². The van der Waals surface area contributed by atoms with E-state index in [1.54, 1.807) is 6.33 Å². The van der Waals surface area contributed by atoms with Gasteiger partial charge in [0.25, 0.3) is 0 Å². The van der Waals surface area contributed by atoms with Crippen LogP contribution in [0.5, 0.6) is 0 Å². The molecular formula is C13H21N5. The third-order valence-corrected chi connectivity index (χ3v) is 3.82. The number of nitrogens with zero attached hydrogens (tertiary/aromatic N) is 5. The summed E-state index contributed by atoms with van der Waals surface area (Å²) in [5, 5.41) is 0. The van der Waals surface area contributed by atoms with Gasteiger partial charge in [-0.2, -0.15) is 4.98 Å². The molecule has 0 atom stereocenters. The molecule has 3 heterocycles. The average Bonchev–Trinajstić information content (AvgIpc) is 2.49. The quantitative estimate of drug-likeness (QED) is 0.798. The van der Waals surface area contributed by atoms with Crippen molar-refractivity contribution in [2.24, 2.45) is 0 Å². The zero-order valence-electron chi connectivity index (χ0n) is 10.9. The van der Waals surface area contributed by atoms with Crippen molar-refractivity contribution in [1.82, 2.24) is 15.0 Å². The van der Waals surface area contributed by atoms with Crippen LogP contribution in [0.4, 0.5) is 11.9 Å². The van der Waals surface area contributed by atoms with E-state index in [9.17, 15) is 0 Å². The minimum atomic E-state index is 0.866. The van der Waals surface area contributed by atoms with Gasteiger partial charge < -0.3 is 9.80 Å². The van der Waals surface area contributed by atoms with Crippen molar-refractivity contribution in [1.29, 1.82) is 0 Å². The molecule has 98 valence electrons. The highest BCUT2D eigenvalue weighted by Gasteiger charge is 2.17. The standard InChI is InChI=1S/C13H21N5/c1-3-7-17(8-4-1)12-14-11-15-13(16-12)18-9-5-2-6-10-18/h11H,1-10H2. The second-order valence-corrected chi connectivity index (χ2v) is 5.18. The molecular weight excluding hydrogens is 226 g/mol. The monoisotopic (exact) mass is 247 g/mol. The van der Waals surface area contributed by atoms with Crippen LogP contribution in [-0.4, -0.2) is 41.1 Å². The molecule has 0 bridgehead atoms. The topological polar surface area (TPSA) is 45.2 Å². The van der Waals surface area contributed by atoms with Crippen LogP contribution < -0.4 is 9.80 Å². The number of anilines is 2. The lowest BCUT2D eigenvalue weighted by molar-refractivity contribution is 0.556. The van der Waals surface area contributed by atoms with E-state index >= 15 is 0 Å². The van der Waals surface area contributed by atoms with Gasteiger partial charge >= 0.3 is 0 Å². The fourth-order valence-corrected chi connectivity index (χ4v) is 2.77. The summed E-state index contributed by atoms with van der Waals surface area (Å²) >= 11 is 0. The highest BCUT2D eigenvalue weighted by Crippen LogP contribution is 2.19. The lowest BCUT2D eigenvalue weighted by Crippen LogP contribution is -2.34. The van der Waals surface area contributed by atoms with Gasteiger partial charge in [-0.1, -0.05) is 0 Å². The van der Waals surface area contributed by atoms with Gasteiger partial charge in [0.05, 0.1) is 0 Å². The predicted molar refractivity (Wildman–Crippen MR) is 72.0 cm³/mol. The Balaban J connectivity index is 1.75. The highest BCUT2D eigenvalue weighted by atomic mass is 15.3. The minimum Gasteiger partial charge on any atom is -0.341 e. The van der Waals surface area contributed by atoms with Gasteiger partial charge in [0.2, 0.25) is 11.9 Å². The Morgan fingerprint density at radius 1 is 0.667 bits per heavy atom. The molecule has 2 aliphatic rings. The molecule has 3 rings (SSSR count). The van der Waals surface area contributed by atoms with E-state index in [2.05, 4.69) is 24.8 Å². The van der Waals surface area contributed by atoms with Crippen LogP contribution in [0.1, 0.15) is 38.5 Å². The van der Waals surface area contributed by atoms with Crippen molar-refractivity contribution in [3.63, 3.8) is 0 Å². The van der Waals surface area contributed by atoms with Gasteiger partial charge in [0, 0.05) is 26.2 Å². The van der Waals surface area contributed by atoms with E-state index in [-0.39, 0.29) is 0 Å². The first-order valence-electron chi connectivity index (χ1n) is 7.12. The van der Waals surface area contributed by atoms with Crippen LogP contribution in [0.25, 0.3) is 0 Å². The molecule has 5 heteroatoms. The van der Waals surface area contributed by atoms with Crippen LogP contribution in [0, 0.1) is 0 Å². The molecule has 5 nitrogen and oxygen atoms in total. The van der Waals surface area contributed by atoms with Crippen LogP contribution in [0.3, 0.4) is 0 Å². The van der Waals surface area contributed by atoms with E-state index in [1.165, 1.54) is 38.5 Å². The minimum absolute atomic E-state index is 0.866. The normalized spacial score (nSPS) is 21.1. The lowest BCUT2D eigenvalue weighted by atomic mass is 10.1. The van der Waals surface area contributed by atoms with Gasteiger partial charge in [0.15, 0.2) is 0 Å². The molecule has 0 N–H and O–H groups in total. The first-order valence-corrected chi connectivity index (χ1v) is 7.12. The smallest absolute Gasteiger partial charge is 0.230 e. The van der Waals surface area contributed by atoms with E-state index < -0.39 is 0 Å². The summed E-state index contributed by atoms with van der Waals surface area (Å²) in [7, 11) is 0. The first-order chi connectivity index (χ1) is 8.93. The Bertz CT molecular complexity index is 349. The van der Waals surface area contributed by atoms with Crippen LogP contribution in [-0.2, 0) is 0 Å². The Morgan fingerprint density at radius 3 is 1.56 bits per heavy atom. The molecule has 0 saturated carbocycles. The molecule has 18 heavy (non-hydrogen) atoms. The molecule has 2 fully saturated rings. The van der Waals surface area contributed by atoms with Gasteiger partial charge in [0.1, 0.15) is 6.33 Å². The molecule has 1 aromatic rings. The second-order valence-electron chi connectivity index (χ2n) is 5.18. The number of piperidine rings is 2. The highest BCUT2D eigenvalue weighted by molar-refractivity contribution is 5.38. The Hall–Kier alpha value is -1.39. The number of aromatic nitrogens is 3. The maximum Gasteiger partial charge on any atom is 0.230 e. The van der Waals surface area contributed by atoms with Crippen molar-refractivity contribution in [2.75, 3.05) is 36.0 Å². The van der Waals surface area contributed by atoms with Crippen molar-refractivity contribution in [3.8, 4) is 0 Å². The van der Waals surface area contributed by atoms with Crippen LogP contribution in [0.2, 0.25) is 0 Å². The number of hydrogen-bond acceptors (Lipinski definition) is 5. The lowest BCUT2D eigenvalue weighted by Gasteiger charge is -2.29. The fraction of sp³-hybridized carbons (Fsp3) is 0.769. The largest absolute Gasteiger partial charge is 0.341 e. The van der Waals surface area contributed by atoms with Gasteiger partial charge in [-0.25, -0.2) is 9.97 Å². The van der Waals surface area contributed by atoms with Crippen molar-refractivity contribution in [3.05, 3.63) is 6.33 Å².